The Hall–Kier alpha value is -1.27. The first-order valence-corrected chi connectivity index (χ1v) is 7.66. The molecule has 2 heterocycles. The first-order valence-electron chi connectivity index (χ1n) is 6.71. The van der Waals surface area contributed by atoms with Crippen molar-refractivity contribution in [2.75, 3.05) is 6.54 Å². The first-order chi connectivity index (χ1) is 9.26. The minimum Gasteiger partial charge on any atom is -0.339 e. The minimum atomic E-state index is 0.205. The van der Waals surface area contributed by atoms with Crippen LogP contribution in [0.15, 0.2) is 15.4 Å². The molecule has 0 radical (unpaired) electrons. The molecule has 5 nitrogen and oxygen atoms in total. The lowest BCUT2D eigenvalue weighted by Gasteiger charge is -2.20. The van der Waals surface area contributed by atoms with E-state index in [4.69, 9.17) is 4.52 Å². The summed E-state index contributed by atoms with van der Waals surface area (Å²) in [4.78, 5) is 8.65. The van der Waals surface area contributed by atoms with Crippen LogP contribution >= 0.6 is 11.3 Å². The predicted molar refractivity (Wildman–Crippen MR) is 76.2 cm³/mol. The zero-order valence-electron chi connectivity index (χ0n) is 11.6. The van der Waals surface area contributed by atoms with Crippen LogP contribution < -0.4 is 5.32 Å². The molecular weight excluding hydrogens is 260 g/mol. The smallest absolute Gasteiger partial charge is 0.231 e. The molecule has 0 aliphatic rings. The Morgan fingerprint density at radius 3 is 2.89 bits per heavy atom. The van der Waals surface area contributed by atoms with Crippen LogP contribution in [-0.4, -0.2) is 27.7 Å². The molecule has 0 saturated heterocycles. The largest absolute Gasteiger partial charge is 0.339 e. The van der Waals surface area contributed by atoms with Crippen LogP contribution in [-0.2, 0) is 0 Å². The second kappa shape index (κ2) is 6.77. The Bertz CT molecular complexity index is 483. The molecule has 19 heavy (non-hydrogen) atoms. The van der Waals surface area contributed by atoms with Crippen molar-refractivity contribution in [2.45, 2.75) is 45.6 Å². The molecule has 2 unspecified atom stereocenters. The lowest BCUT2D eigenvalue weighted by molar-refractivity contribution is 0.319. The van der Waals surface area contributed by atoms with E-state index in [0.717, 1.165) is 25.1 Å². The Kier molecular flexibility index (Phi) is 5.04. The molecule has 2 aromatic heterocycles. The number of nitrogens with zero attached hydrogens (tertiary/aromatic N) is 3. The average Bonchev–Trinajstić information content (AvgIpc) is 3.10. The van der Waals surface area contributed by atoms with Gasteiger partial charge in [0.05, 0.1) is 11.4 Å². The molecule has 2 rings (SSSR count). The Morgan fingerprint density at radius 2 is 2.26 bits per heavy atom. The van der Waals surface area contributed by atoms with Gasteiger partial charge in [-0.25, -0.2) is 4.98 Å². The zero-order valence-corrected chi connectivity index (χ0v) is 12.4. The summed E-state index contributed by atoms with van der Waals surface area (Å²) in [5, 5.41) is 9.45. The van der Waals surface area contributed by atoms with E-state index in [9.17, 15) is 0 Å². The van der Waals surface area contributed by atoms with Gasteiger partial charge in [-0.15, -0.1) is 11.3 Å². The van der Waals surface area contributed by atoms with Crippen LogP contribution in [0, 0.1) is 0 Å². The molecule has 0 spiro atoms. The summed E-state index contributed by atoms with van der Waals surface area (Å²) < 4.78 is 5.38. The van der Waals surface area contributed by atoms with E-state index in [1.807, 2.05) is 5.38 Å². The van der Waals surface area contributed by atoms with Crippen molar-refractivity contribution in [3.05, 3.63) is 16.8 Å². The lowest BCUT2D eigenvalue weighted by Crippen LogP contribution is -2.33. The van der Waals surface area contributed by atoms with E-state index in [1.165, 1.54) is 11.3 Å². The highest BCUT2D eigenvalue weighted by Crippen LogP contribution is 2.23. The number of nitrogens with one attached hydrogen (secondary N) is 1. The average molecular weight is 280 g/mol. The third-order valence-corrected chi connectivity index (χ3v) is 3.78. The molecule has 2 aromatic rings. The van der Waals surface area contributed by atoms with Crippen LogP contribution in [0.3, 0.4) is 0 Å². The molecule has 104 valence electrons. The third-order valence-electron chi connectivity index (χ3n) is 3.19. The quantitative estimate of drug-likeness (QED) is 0.844. The molecule has 0 fully saturated rings. The SMILES string of the molecule is CCCNC(CC)C(C)c1nc(-c2cscn2)no1. The summed E-state index contributed by atoms with van der Waals surface area (Å²) in [5.74, 6) is 1.46. The Balaban J connectivity index is 2.08. The number of rotatable bonds is 7. The number of aromatic nitrogens is 3. The van der Waals surface area contributed by atoms with Crippen molar-refractivity contribution in [3.8, 4) is 11.5 Å². The molecule has 0 saturated carbocycles. The lowest BCUT2D eigenvalue weighted by atomic mass is 9.99. The summed E-state index contributed by atoms with van der Waals surface area (Å²) in [6.45, 7) is 7.46. The van der Waals surface area contributed by atoms with E-state index < -0.39 is 0 Å². The summed E-state index contributed by atoms with van der Waals surface area (Å²) in [6, 6.07) is 0.365. The Morgan fingerprint density at radius 1 is 1.42 bits per heavy atom. The van der Waals surface area contributed by atoms with Crippen molar-refractivity contribution >= 4 is 11.3 Å². The predicted octanol–water partition coefficient (Wildman–Crippen LogP) is 3.07. The van der Waals surface area contributed by atoms with E-state index in [0.29, 0.717) is 17.8 Å². The van der Waals surface area contributed by atoms with Gasteiger partial charge in [0, 0.05) is 11.4 Å². The Labute approximate surface area is 117 Å². The highest BCUT2D eigenvalue weighted by Gasteiger charge is 2.23. The van der Waals surface area contributed by atoms with Crippen molar-refractivity contribution in [1.82, 2.24) is 20.4 Å². The third kappa shape index (κ3) is 3.39. The van der Waals surface area contributed by atoms with Gasteiger partial charge in [-0.1, -0.05) is 25.9 Å². The van der Waals surface area contributed by atoms with Gasteiger partial charge < -0.3 is 9.84 Å². The normalized spacial score (nSPS) is 14.5. The van der Waals surface area contributed by atoms with E-state index in [-0.39, 0.29) is 5.92 Å². The topological polar surface area (TPSA) is 63.8 Å². The molecule has 0 bridgehead atoms. The number of hydrogen-bond donors (Lipinski definition) is 1. The second-order valence-corrected chi connectivity index (χ2v) is 5.31. The minimum absolute atomic E-state index is 0.205. The van der Waals surface area contributed by atoms with Crippen LogP contribution in [0.25, 0.3) is 11.5 Å². The molecule has 0 aliphatic carbocycles. The molecule has 0 aromatic carbocycles. The highest BCUT2D eigenvalue weighted by atomic mass is 32.1. The van der Waals surface area contributed by atoms with Crippen LogP contribution in [0.2, 0.25) is 0 Å². The highest BCUT2D eigenvalue weighted by molar-refractivity contribution is 7.07. The standard InChI is InChI=1S/C13H20N4OS/c1-4-6-14-10(5-2)9(3)13-16-12(17-18-13)11-7-19-8-15-11/h7-10,14H,4-6H2,1-3H3. The van der Waals surface area contributed by atoms with Gasteiger partial charge in [0.1, 0.15) is 5.69 Å². The van der Waals surface area contributed by atoms with Crippen molar-refractivity contribution < 1.29 is 4.52 Å². The van der Waals surface area contributed by atoms with Gasteiger partial charge in [0.2, 0.25) is 11.7 Å². The van der Waals surface area contributed by atoms with Gasteiger partial charge in [-0.2, -0.15) is 4.98 Å². The van der Waals surface area contributed by atoms with Crippen molar-refractivity contribution in [2.24, 2.45) is 0 Å². The first kappa shape index (κ1) is 14.1. The fraction of sp³-hybridized carbons (Fsp3) is 0.615. The fourth-order valence-corrected chi connectivity index (χ4v) is 2.55. The summed E-state index contributed by atoms with van der Waals surface area (Å²) in [7, 11) is 0. The molecule has 0 aliphatic heterocycles. The molecule has 0 amide bonds. The fourth-order valence-electron chi connectivity index (χ4n) is 2.02. The van der Waals surface area contributed by atoms with E-state index in [2.05, 4.69) is 41.2 Å². The van der Waals surface area contributed by atoms with Crippen LogP contribution in [0.5, 0.6) is 0 Å². The molecular formula is C13H20N4OS. The maximum Gasteiger partial charge on any atom is 0.231 e. The monoisotopic (exact) mass is 280 g/mol. The van der Waals surface area contributed by atoms with Crippen molar-refractivity contribution in [3.63, 3.8) is 0 Å². The van der Waals surface area contributed by atoms with Crippen molar-refractivity contribution in [1.29, 1.82) is 0 Å². The van der Waals surface area contributed by atoms with Gasteiger partial charge in [0.25, 0.3) is 0 Å². The maximum absolute atomic E-state index is 5.38. The summed E-state index contributed by atoms with van der Waals surface area (Å²) in [5.41, 5.74) is 2.55. The molecule has 1 N–H and O–H groups in total. The van der Waals surface area contributed by atoms with Gasteiger partial charge in [-0.05, 0) is 19.4 Å². The van der Waals surface area contributed by atoms with Crippen LogP contribution in [0.1, 0.15) is 45.4 Å². The maximum atomic E-state index is 5.38. The number of thiazole rings is 1. The van der Waals surface area contributed by atoms with E-state index >= 15 is 0 Å². The van der Waals surface area contributed by atoms with Gasteiger partial charge >= 0.3 is 0 Å². The zero-order chi connectivity index (χ0) is 13.7. The molecule has 2 atom stereocenters. The van der Waals surface area contributed by atoms with Gasteiger partial charge in [0.15, 0.2) is 0 Å². The second-order valence-electron chi connectivity index (χ2n) is 4.59. The number of hydrogen-bond acceptors (Lipinski definition) is 6. The van der Waals surface area contributed by atoms with E-state index in [1.54, 1.807) is 5.51 Å². The van der Waals surface area contributed by atoms with Gasteiger partial charge in [-0.3, -0.25) is 0 Å². The summed E-state index contributed by atoms with van der Waals surface area (Å²) in [6.07, 6.45) is 2.16. The van der Waals surface area contributed by atoms with Crippen LogP contribution in [0.4, 0.5) is 0 Å². The molecule has 6 heteroatoms. The summed E-state index contributed by atoms with van der Waals surface area (Å²) >= 11 is 1.53.